The number of nitrogens with zero attached hydrogens (tertiary/aromatic N) is 1. The highest BCUT2D eigenvalue weighted by Crippen LogP contribution is 2.31. The molecule has 0 bridgehead atoms. The Morgan fingerprint density at radius 3 is 2.71 bits per heavy atom. The fourth-order valence-corrected chi connectivity index (χ4v) is 2.42. The van der Waals surface area contributed by atoms with Gasteiger partial charge < -0.3 is 15.0 Å². The number of hydrogen-bond acceptors (Lipinski definition) is 3. The fraction of sp³-hybridized carbons (Fsp3) is 0.500. The third-order valence-electron chi connectivity index (χ3n) is 3.18. The Labute approximate surface area is 141 Å². The summed E-state index contributed by atoms with van der Waals surface area (Å²) in [6.07, 6.45) is 1.17. The van der Waals surface area contributed by atoms with Gasteiger partial charge in [0.25, 0.3) is 0 Å². The summed E-state index contributed by atoms with van der Waals surface area (Å²) < 4.78 is 5.56. The van der Waals surface area contributed by atoms with E-state index in [2.05, 4.69) is 5.32 Å². The molecule has 0 saturated carbocycles. The predicted octanol–water partition coefficient (Wildman–Crippen LogP) is 3.01. The number of halogens is 3. The van der Waals surface area contributed by atoms with Gasteiger partial charge in [0.1, 0.15) is 10.8 Å². The van der Waals surface area contributed by atoms with Crippen LogP contribution < -0.4 is 10.1 Å². The second-order valence-corrected chi connectivity index (χ2v) is 5.42. The lowest BCUT2D eigenvalue weighted by Gasteiger charge is -2.27. The van der Waals surface area contributed by atoms with Crippen molar-refractivity contribution in [1.82, 2.24) is 10.2 Å². The monoisotopic (exact) mass is 352 g/mol. The molecule has 1 aliphatic heterocycles. The molecule has 21 heavy (non-hydrogen) atoms. The van der Waals surface area contributed by atoms with Crippen LogP contribution in [0, 0.1) is 0 Å². The Bertz CT molecular complexity index is 466. The summed E-state index contributed by atoms with van der Waals surface area (Å²) in [6.45, 7) is 3.79. The molecule has 1 aromatic carbocycles. The lowest BCUT2D eigenvalue weighted by atomic mass is 10.2. The lowest BCUT2D eigenvalue weighted by molar-refractivity contribution is -0.132. The van der Waals surface area contributed by atoms with E-state index in [1.54, 1.807) is 18.2 Å². The average Bonchev–Trinajstić information content (AvgIpc) is 2.48. The molecule has 1 N–H and O–H groups in total. The van der Waals surface area contributed by atoms with Crippen LogP contribution in [0.5, 0.6) is 5.75 Å². The molecule has 0 spiro atoms. The second-order valence-electron chi connectivity index (χ2n) is 4.63. The highest BCUT2D eigenvalue weighted by atomic mass is 35.5. The van der Waals surface area contributed by atoms with Crippen molar-refractivity contribution in [2.45, 2.75) is 12.8 Å². The molecule has 1 aromatic rings. The zero-order valence-electron chi connectivity index (χ0n) is 11.6. The number of benzene rings is 1. The minimum Gasteiger partial charge on any atom is -0.492 e. The Hall–Kier alpha value is -0.680. The molecule has 1 heterocycles. The third kappa shape index (κ3) is 5.55. The van der Waals surface area contributed by atoms with Gasteiger partial charge in [-0.2, -0.15) is 0 Å². The number of piperazine rings is 1. The van der Waals surface area contributed by atoms with E-state index < -0.39 is 0 Å². The number of nitrogens with one attached hydrogen (secondary N) is 1. The molecule has 0 aliphatic carbocycles. The summed E-state index contributed by atoms with van der Waals surface area (Å²) in [7, 11) is 0. The van der Waals surface area contributed by atoms with Crippen LogP contribution in [0.3, 0.4) is 0 Å². The van der Waals surface area contributed by atoms with Gasteiger partial charge in [-0.05, 0) is 18.6 Å². The van der Waals surface area contributed by atoms with Gasteiger partial charge in [0.15, 0.2) is 0 Å². The van der Waals surface area contributed by atoms with Crippen LogP contribution in [0.2, 0.25) is 10.0 Å². The zero-order chi connectivity index (χ0) is 14.4. The Morgan fingerprint density at radius 1 is 1.29 bits per heavy atom. The van der Waals surface area contributed by atoms with E-state index in [0.29, 0.717) is 35.2 Å². The van der Waals surface area contributed by atoms with Crippen LogP contribution in [0.4, 0.5) is 0 Å². The van der Waals surface area contributed by atoms with Crippen molar-refractivity contribution >= 4 is 41.5 Å². The van der Waals surface area contributed by atoms with Crippen molar-refractivity contribution in [3.63, 3.8) is 0 Å². The maximum atomic E-state index is 11.9. The molecule has 7 heteroatoms. The molecule has 2 rings (SSSR count). The summed E-state index contributed by atoms with van der Waals surface area (Å²) in [5.41, 5.74) is 0. The normalized spacial score (nSPS) is 14.5. The van der Waals surface area contributed by atoms with Gasteiger partial charge in [-0.15, -0.1) is 12.4 Å². The Morgan fingerprint density at radius 2 is 2.00 bits per heavy atom. The van der Waals surface area contributed by atoms with E-state index in [0.717, 1.165) is 26.2 Å². The molecule has 1 saturated heterocycles. The summed E-state index contributed by atoms with van der Waals surface area (Å²) >= 11 is 11.9. The smallest absolute Gasteiger partial charge is 0.222 e. The Kier molecular flexibility index (Phi) is 8.19. The average molecular weight is 354 g/mol. The number of carbonyl (C=O) groups is 1. The van der Waals surface area contributed by atoms with Crippen LogP contribution in [-0.4, -0.2) is 43.6 Å². The van der Waals surface area contributed by atoms with Crippen LogP contribution in [0.25, 0.3) is 0 Å². The number of ether oxygens (including phenoxy) is 1. The number of rotatable bonds is 5. The predicted molar refractivity (Wildman–Crippen MR) is 87.9 cm³/mol. The minimum atomic E-state index is 0. The number of carbonyl (C=O) groups excluding carboxylic acids is 1. The van der Waals surface area contributed by atoms with Gasteiger partial charge in [0, 0.05) is 32.6 Å². The molecule has 0 atom stereocenters. The quantitative estimate of drug-likeness (QED) is 0.827. The van der Waals surface area contributed by atoms with Gasteiger partial charge in [-0.1, -0.05) is 29.3 Å². The van der Waals surface area contributed by atoms with Gasteiger partial charge in [0.05, 0.1) is 11.6 Å². The van der Waals surface area contributed by atoms with E-state index >= 15 is 0 Å². The first-order valence-corrected chi connectivity index (χ1v) is 7.49. The van der Waals surface area contributed by atoms with Gasteiger partial charge in [0.2, 0.25) is 5.91 Å². The summed E-state index contributed by atoms with van der Waals surface area (Å²) in [5, 5.41) is 4.12. The van der Waals surface area contributed by atoms with Crippen LogP contribution in [0.15, 0.2) is 18.2 Å². The van der Waals surface area contributed by atoms with Crippen molar-refractivity contribution in [3.8, 4) is 5.75 Å². The number of hydrogen-bond donors (Lipinski definition) is 1. The van der Waals surface area contributed by atoms with Crippen molar-refractivity contribution in [2.24, 2.45) is 0 Å². The van der Waals surface area contributed by atoms with E-state index in [1.165, 1.54) is 0 Å². The van der Waals surface area contributed by atoms with Gasteiger partial charge >= 0.3 is 0 Å². The molecule has 0 radical (unpaired) electrons. The highest BCUT2D eigenvalue weighted by Gasteiger charge is 2.15. The highest BCUT2D eigenvalue weighted by molar-refractivity contribution is 6.42. The van der Waals surface area contributed by atoms with Crippen molar-refractivity contribution < 1.29 is 9.53 Å². The standard InChI is InChI=1S/C14H18Cl2N2O2.ClH/c15-11-3-1-4-12(14(11)16)20-10-2-5-13(19)18-8-6-17-7-9-18;/h1,3-4,17H,2,5-10H2;1H. The minimum absolute atomic E-state index is 0. The van der Waals surface area contributed by atoms with Crippen LogP contribution >= 0.6 is 35.6 Å². The van der Waals surface area contributed by atoms with Crippen LogP contribution in [0.1, 0.15) is 12.8 Å². The zero-order valence-corrected chi connectivity index (χ0v) is 13.9. The van der Waals surface area contributed by atoms with Crippen molar-refractivity contribution in [2.75, 3.05) is 32.8 Å². The molecule has 0 aromatic heterocycles. The first kappa shape index (κ1) is 18.4. The first-order valence-electron chi connectivity index (χ1n) is 6.74. The number of amides is 1. The van der Waals surface area contributed by atoms with E-state index in [4.69, 9.17) is 27.9 Å². The van der Waals surface area contributed by atoms with Gasteiger partial charge in [-0.3, -0.25) is 4.79 Å². The van der Waals surface area contributed by atoms with E-state index in [1.807, 2.05) is 4.90 Å². The first-order chi connectivity index (χ1) is 9.68. The van der Waals surface area contributed by atoms with Crippen molar-refractivity contribution in [3.05, 3.63) is 28.2 Å². The summed E-state index contributed by atoms with van der Waals surface area (Å²) in [6, 6.07) is 5.27. The fourth-order valence-electron chi connectivity index (χ4n) is 2.07. The summed E-state index contributed by atoms with van der Waals surface area (Å²) in [5.74, 6) is 0.751. The lowest BCUT2D eigenvalue weighted by Crippen LogP contribution is -2.46. The summed E-state index contributed by atoms with van der Waals surface area (Å²) in [4.78, 5) is 13.8. The maximum absolute atomic E-state index is 11.9. The molecule has 0 unspecified atom stereocenters. The Balaban J connectivity index is 0.00000220. The molecule has 118 valence electrons. The topological polar surface area (TPSA) is 41.6 Å². The van der Waals surface area contributed by atoms with Crippen LogP contribution in [-0.2, 0) is 4.79 Å². The molecule has 4 nitrogen and oxygen atoms in total. The molecule has 1 amide bonds. The third-order valence-corrected chi connectivity index (χ3v) is 3.98. The van der Waals surface area contributed by atoms with Gasteiger partial charge in [-0.25, -0.2) is 0 Å². The van der Waals surface area contributed by atoms with E-state index in [-0.39, 0.29) is 18.3 Å². The maximum Gasteiger partial charge on any atom is 0.222 e. The molecule has 1 fully saturated rings. The SMILES string of the molecule is Cl.O=C(CCCOc1cccc(Cl)c1Cl)N1CCNCC1. The largest absolute Gasteiger partial charge is 0.492 e. The molecular weight excluding hydrogens is 335 g/mol. The second kappa shape index (κ2) is 9.36. The van der Waals surface area contributed by atoms with E-state index in [9.17, 15) is 4.79 Å². The molecular formula is C14H19Cl3N2O2. The molecule has 1 aliphatic rings. The van der Waals surface area contributed by atoms with Crippen molar-refractivity contribution in [1.29, 1.82) is 0 Å².